The summed E-state index contributed by atoms with van der Waals surface area (Å²) in [6.07, 6.45) is 0. The summed E-state index contributed by atoms with van der Waals surface area (Å²) in [5.41, 5.74) is 0. The van der Waals surface area contributed by atoms with E-state index in [1.165, 1.54) is 0 Å². The van der Waals surface area contributed by atoms with Crippen LogP contribution in [0, 0.1) is 0 Å². The molecule has 0 bridgehead atoms. The van der Waals surface area contributed by atoms with Crippen molar-refractivity contribution in [3.8, 4) is 34.5 Å². The van der Waals surface area contributed by atoms with Gasteiger partial charge in [0.15, 0.2) is 55.6 Å². The molecular formula is C60H46O5P4. The molecule has 0 saturated carbocycles. The van der Waals surface area contributed by atoms with E-state index >= 15 is 0 Å². The highest BCUT2D eigenvalue weighted by Gasteiger charge is 2.26. The lowest BCUT2D eigenvalue weighted by Gasteiger charge is -2.25. The summed E-state index contributed by atoms with van der Waals surface area (Å²) in [4.78, 5) is 0. The van der Waals surface area contributed by atoms with E-state index in [-0.39, 0.29) is 0 Å². The summed E-state index contributed by atoms with van der Waals surface area (Å²) in [5.74, 6) is 3.36. The van der Waals surface area contributed by atoms with Crippen LogP contribution in [0.2, 0.25) is 0 Å². The summed E-state index contributed by atoms with van der Waals surface area (Å²) < 4.78 is 35.7. The molecule has 0 fully saturated rings. The third-order valence-electron chi connectivity index (χ3n) is 10.7. The minimum Gasteiger partial charge on any atom is -0.464 e. The van der Waals surface area contributed by atoms with Gasteiger partial charge in [0.2, 0.25) is 0 Å². The normalized spacial score (nSPS) is 11.1. The van der Waals surface area contributed by atoms with Gasteiger partial charge in [-0.05, 0) is 24.3 Å². The molecule has 0 spiro atoms. The van der Waals surface area contributed by atoms with E-state index in [1.807, 2.05) is 133 Å². The van der Waals surface area contributed by atoms with Gasteiger partial charge in [-0.15, -0.1) is 0 Å². The summed E-state index contributed by atoms with van der Waals surface area (Å²) in [6.45, 7) is 0. The molecule has 69 heavy (non-hydrogen) atoms. The maximum Gasteiger partial charge on any atom is 0.170 e. The van der Waals surface area contributed by atoms with E-state index < -0.39 is 32.6 Å². The average Bonchev–Trinajstić information content (AvgIpc) is 3.43. The van der Waals surface area contributed by atoms with Crippen molar-refractivity contribution < 1.29 is 22.8 Å². The molecular weight excluding hydrogens is 925 g/mol. The van der Waals surface area contributed by atoms with Crippen LogP contribution < -0.4 is 65.3 Å². The Morgan fingerprint density at radius 2 is 0.391 bits per heavy atom. The lowest BCUT2D eigenvalue weighted by Crippen LogP contribution is -2.16. The predicted octanol–water partition coefficient (Wildman–Crippen LogP) is 13.2. The van der Waals surface area contributed by atoms with Gasteiger partial charge < -0.3 is 22.8 Å². The Kier molecular flexibility index (Phi) is 15.1. The molecule has 0 aliphatic rings. The van der Waals surface area contributed by atoms with E-state index in [4.69, 9.17) is 22.8 Å². The van der Waals surface area contributed by atoms with Crippen molar-refractivity contribution in [2.45, 2.75) is 0 Å². The minimum atomic E-state index is -1.36. The Balaban J connectivity index is 1.09. The fourth-order valence-electron chi connectivity index (χ4n) is 7.45. The molecule has 10 aromatic rings. The van der Waals surface area contributed by atoms with E-state index in [9.17, 15) is 0 Å². The van der Waals surface area contributed by atoms with E-state index in [1.54, 1.807) is 0 Å². The first-order valence-corrected chi connectivity index (χ1v) is 27.5. The zero-order chi connectivity index (χ0) is 46.5. The Morgan fingerprint density at radius 1 is 0.188 bits per heavy atom. The third-order valence-corrected chi connectivity index (χ3v) is 18.4. The van der Waals surface area contributed by atoms with Crippen LogP contribution in [0.25, 0.3) is 0 Å². The molecule has 0 aromatic heterocycles. The van der Waals surface area contributed by atoms with Gasteiger partial charge >= 0.3 is 0 Å². The number of benzene rings is 10. The van der Waals surface area contributed by atoms with Crippen molar-refractivity contribution in [2.75, 3.05) is 0 Å². The lowest BCUT2D eigenvalue weighted by molar-refractivity contribution is 0.435. The summed E-state index contributed by atoms with van der Waals surface area (Å²) in [7, 11) is -5.18. The van der Waals surface area contributed by atoms with Gasteiger partial charge in [0.1, 0.15) is 11.5 Å². The Morgan fingerprint density at radius 3 is 0.609 bits per heavy atom. The average molecular weight is 971 g/mol. The molecule has 0 N–H and O–H groups in total. The Hall–Kier alpha value is -7.08. The highest BCUT2D eigenvalue weighted by atomic mass is 31.1. The largest absolute Gasteiger partial charge is 0.464 e. The van der Waals surface area contributed by atoms with Crippen LogP contribution in [0.15, 0.2) is 279 Å². The van der Waals surface area contributed by atoms with Crippen LogP contribution in [-0.4, -0.2) is 0 Å². The quantitative estimate of drug-likeness (QED) is 0.0802. The lowest BCUT2D eigenvalue weighted by atomic mass is 10.3. The van der Waals surface area contributed by atoms with E-state index in [2.05, 4.69) is 146 Å². The first kappa shape index (κ1) is 45.7. The molecule has 0 aliphatic heterocycles. The number of rotatable bonds is 18. The molecule has 10 aromatic carbocycles. The molecule has 0 amide bonds. The standard InChI is InChI=1S/C60H46O5P4/c1-9-25-49(26-10-1)66(50-27-11-2-12-28-50)62-47-41-43-57(59(45-47)64-68(53-33-17-5-18-34-53)54-35-19-6-20-36-54)61-58-44-42-48(63-67(51-29-13-3-14-30-51)52-31-15-4-16-32-52)46-60(58)65-69(55-37-21-7-22-38-55)56-39-23-8-24-40-56/h1-46H. The second-order valence-electron chi connectivity index (χ2n) is 15.5. The van der Waals surface area contributed by atoms with Gasteiger partial charge in [0, 0.05) is 54.6 Å². The maximum absolute atomic E-state index is 7.27. The first-order valence-electron chi connectivity index (χ1n) is 22.5. The van der Waals surface area contributed by atoms with Gasteiger partial charge in [-0.1, -0.05) is 243 Å². The predicted molar refractivity (Wildman–Crippen MR) is 292 cm³/mol. The first-order chi connectivity index (χ1) is 34.2. The molecule has 10 rings (SSSR count). The van der Waals surface area contributed by atoms with Crippen LogP contribution in [-0.2, 0) is 0 Å². The summed E-state index contributed by atoms with van der Waals surface area (Å²) in [6, 6.07) is 94.6. The van der Waals surface area contributed by atoms with E-state index in [0.29, 0.717) is 34.5 Å². The second-order valence-corrected chi connectivity index (χ2v) is 22.8. The van der Waals surface area contributed by atoms with Gasteiger partial charge in [-0.3, -0.25) is 0 Å². The van der Waals surface area contributed by atoms with Gasteiger partial charge in [-0.2, -0.15) is 0 Å². The van der Waals surface area contributed by atoms with Crippen LogP contribution in [0.5, 0.6) is 34.5 Å². The zero-order valence-corrected chi connectivity index (χ0v) is 41.0. The van der Waals surface area contributed by atoms with Crippen molar-refractivity contribution >= 4 is 75.0 Å². The van der Waals surface area contributed by atoms with Crippen molar-refractivity contribution in [1.82, 2.24) is 0 Å². The monoisotopic (exact) mass is 970 g/mol. The molecule has 336 valence electrons. The fraction of sp³-hybridized carbons (Fsp3) is 0. The minimum absolute atomic E-state index is 0.503. The molecule has 0 saturated heterocycles. The van der Waals surface area contributed by atoms with Gasteiger partial charge in [0.25, 0.3) is 0 Å². The molecule has 9 heteroatoms. The number of hydrogen-bond donors (Lipinski definition) is 0. The SMILES string of the molecule is c1ccc(P(Oc2ccc(Oc3ccc(OP(c4ccccc4)c4ccccc4)cc3OP(c3ccccc3)c3ccccc3)c(OP(c3ccccc3)c3ccccc3)c2)c2ccccc2)cc1. The molecule has 0 unspecified atom stereocenters. The molecule has 0 aliphatic carbocycles. The highest BCUT2D eigenvalue weighted by molar-refractivity contribution is 7.70. The van der Waals surface area contributed by atoms with Crippen LogP contribution in [0.4, 0.5) is 0 Å². The fourth-order valence-corrected chi connectivity index (χ4v) is 14.4. The second kappa shape index (κ2) is 22.8. The van der Waals surface area contributed by atoms with Gasteiger partial charge in [-0.25, -0.2) is 0 Å². The van der Waals surface area contributed by atoms with Crippen LogP contribution >= 0.6 is 32.6 Å². The molecule has 0 atom stereocenters. The van der Waals surface area contributed by atoms with Crippen molar-refractivity contribution in [1.29, 1.82) is 0 Å². The maximum atomic E-state index is 7.27. The Labute approximate surface area is 409 Å². The summed E-state index contributed by atoms with van der Waals surface area (Å²) >= 11 is 0. The summed E-state index contributed by atoms with van der Waals surface area (Å²) in [5, 5.41) is 8.61. The number of ether oxygens (including phenoxy) is 1. The van der Waals surface area contributed by atoms with Crippen LogP contribution in [0.1, 0.15) is 0 Å². The topological polar surface area (TPSA) is 46.2 Å². The van der Waals surface area contributed by atoms with Gasteiger partial charge in [0.05, 0.1) is 0 Å². The molecule has 0 heterocycles. The highest BCUT2D eigenvalue weighted by Crippen LogP contribution is 2.50. The van der Waals surface area contributed by atoms with Crippen molar-refractivity contribution in [2.24, 2.45) is 0 Å². The molecule has 0 radical (unpaired) electrons. The molecule has 5 nitrogen and oxygen atoms in total. The Bertz CT molecular complexity index is 2770. The van der Waals surface area contributed by atoms with Crippen LogP contribution in [0.3, 0.4) is 0 Å². The third kappa shape index (κ3) is 11.6. The number of hydrogen-bond acceptors (Lipinski definition) is 5. The van der Waals surface area contributed by atoms with Crippen molar-refractivity contribution in [3.63, 3.8) is 0 Å². The van der Waals surface area contributed by atoms with Crippen molar-refractivity contribution in [3.05, 3.63) is 279 Å². The van der Waals surface area contributed by atoms with E-state index in [0.717, 1.165) is 42.4 Å². The zero-order valence-electron chi connectivity index (χ0n) is 37.4. The smallest absolute Gasteiger partial charge is 0.170 e.